The number of hydrogen-bond acceptors (Lipinski definition) is 10. The molecule has 62 heavy (non-hydrogen) atoms. The van der Waals surface area contributed by atoms with Gasteiger partial charge in [0.15, 0.2) is 0 Å². The van der Waals surface area contributed by atoms with Crippen LogP contribution in [0.2, 0.25) is 0 Å². The third-order valence-electron chi connectivity index (χ3n) is 12.9. The minimum absolute atomic E-state index is 0.0522. The fourth-order valence-corrected chi connectivity index (χ4v) is 9.25. The van der Waals surface area contributed by atoms with E-state index in [2.05, 4.69) is 39.7 Å². The molecule has 4 amide bonds. The number of alkyl carbamates (subject to hydrolysis) is 2. The lowest BCUT2D eigenvalue weighted by Gasteiger charge is -2.33. The van der Waals surface area contributed by atoms with Gasteiger partial charge in [-0.2, -0.15) is 0 Å². The lowest BCUT2D eigenvalue weighted by molar-refractivity contribution is -0.137. The Morgan fingerprint density at radius 3 is 1.74 bits per heavy atom. The highest BCUT2D eigenvalue weighted by atomic mass is 16.5. The first-order chi connectivity index (χ1) is 29.8. The Kier molecular flexibility index (Phi) is 11.8. The Morgan fingerprint density at radius 2 is 1.24 bits per heavy atom. The van der Waals surface area contributed by atoms with Crippen LogP contribution < -0.4 is 20.1 Å². The van der Waals surface area contributed by atoms with E-state index in [0.29, 0.717) is 31.4 Å². The number of rotatable bonds is 10. The maximum Gasteiger partial charge on any atom is 0.407 e. The zero-order chi connectivity index (χ0) is 44.0. The summed E-state index contributed by atoms with van der Waals surface area (Å²) in [6, 6.07) is 10.2. The molecule has 2 aromatic heterocycles. The number of likely N-dealkylation sites (tertiary alicyclic amines) is 2. The number of carbonyl (C=O) groups is 4. The molecule has 4 aromatic rings. The minimum Gasteiger partial charge on any atom is -0.488 e. The summed E-state index contributed by atoms with van der Waals surface area (Å²) in [5.41, 5.74) is 7.50. The zero-order valence-corrected chi connectivity index (χ0v) is 36.5. The SMILES string of the molecule is COC(=O)N[C@H](C(=O)N1CCC[C@H]1c1ncc(-c2ccc3c(c2)OCC2=C3COc3cc(-c4cnc([C@@H]5C[C@@H](C)[C@@H](C)N5C(=O)[C@@H](NC(=O)OC)C(C)C)[nH]4)ccc32)[nH]1)C(C)C. The Morgan fingerprint density at radius 1 is 0.742 bits per heavy atom. The van der Waals surface area contributed by atoms with Crippen molar-refractivity contribution in [1.29, 1.82) is 0 Å². The van der Waals surface area contributed by atoms with E-state index in [1.165, 1.54) is 14.2 Å². The van der Waals surface area contributed by atoms with Gasteiger partial charge in [-0.1, -0.05) is 58.9 Å². The standard InChI is InChI=1S/C46H56N8O8/c1-23(2)39(51-45(57)59-7)43(55)53-15-9-10-35(53)41-47-19-33(49-41)27-11-13-29-31-22-62-38-18-28(12-14-30(38)32(31)21-61-37(29)17-27)34-20-48-42(50-34)36-16-25(5)26(6)54(36)44(56)40(24(3)4)52-46(58)60-8/h11-14,17-20,23-26,35-36,39-40H,9-10,15-16,21-22H2,1-8H3,(H,47,49)(H,48,50)(H,51,57)(H,52,58)/t25-,26-,35+,36+,39+,40+/m1/s1. The van der Waals surface area contributed by atoms with Crippen molar-refractivity contribution in [2.24, 2.45) is 17.8 Å². The van der Waals surface area contributed by atoms with Gasteiger partial charge in [-0.15, -0.1) is 0 Å². The average Bonchev–Trinajstić information content (AvgIpc) is 4.11. The Hall–Kier alpha value is -6.32. The quantitative estimate of drug-likeness (QED) is 0.131. The molecule has 2 saturated heterocycles. The summed E-state index contributed by atoms with van der Waals surface area (Å²) in [7, 11) is 2.58. The van der Waals surface area contributed by atoms with E-state index in [0.717, 1.165) is 75.5 Å². The third-order valence-corrected chi connectivity index (χ3v) is 12.9. The van der Waals surface area contributed by atoms with Gasteiger partial charge >= 0.3 is 12.2 Å². The largest absolute Gasteiger partial charge is 0.488 e. The molecule has 8 rings (SSSR count). The van der Waals surface area contributed by atoms with Gasteiger partial charge in [0.05, 0.1) is 50.1 Å². The van der Waals surface area contributed by atoms with Crippen LogP contribution in [-0.2, 0) is 19.1 Å². The van der Waals surface area contributed by atoms with Crippen molar-refractivity contribution in [3.63, 3.8) is 0 Å². The van der Waals surface area contributed by atoms with Gasteiger partial charge in [0.25, 0.3) is 0 Å². The van der Waals surface area contributed by atoms with E-state index in [-0.39, 0.29) is 47.7 Å². The molecule has 0 aliphatic carbocycles. The predicted octanol–water partition coefficient (Wildman–Crippen LogP) is 6.89. The second kappa shape index (κ2) is 17.2. The molecule has 0 unspecified atom stereocenters. The van der Waals surface area contributed by atoms with Crippen molar-refractivity contribution in [3.8, 4) is 34.0 Å². The molecule has 0 bridgehead atoms. The number of benzene rings is 2. The molecule has 16 heteroatoms. The first-order valence-electron chi connectivity index (χ1n) is 21.5. The van der Waals surface area contributed by atoms with Gasteiger partial charge < -0.3 is 49.3 Å². The van der Waals surface area contributed by atoms with Crippen molar-refractivity contribution in [1.82, 2.24) is 40.4 Å². The number of amides is 4. The third kappa shape index (κ3) is 7.86. The number of methoxy groups -OCH3 is 2. The van der Waals surface area contributed by atoms with E-state index in [1.807, 2.05) is 63.8 Å². The molecular weight excluding hydrogens is 793 g/mol. The van der Waals surface area contributed by atoms with Crippen LogP contribution in [0.3, 0.4) is 0 Å². The minimum atomic E-state index is -0.733. The van der Waals surface area contributed by atoms with Gasteiger partial charge in [0, 0.05) is 46.0 Å². The number of ether oxygens (including phenoxy) is 4. The molecule has 6 atom stereocenters. The van der Waals surface area contributed by atoms with E-state index >= 15 is 0 Å². The average molecular weight is 849 g/mol. The van der Waals surface area contributed by atoms with Crippen molar-refractivity contribution >= 4 is 35.1 Å². The number of aromatic nitrogens is 4. The summed E-state index contributed by atoms with van der Waals surface area (Å²) >= 11 is 0. The fraction of sp³-hybridized carbons (Fsp3) is 0.478. The zero-order valence-electron chi connectivity index (χ0n) is 36.5. The van der Waals surface area contributed by atoms with E-state index in [1.54, 1.807) is 17.3 Å². The fourth-order valence-electron chi connectivity index (χ4n) is 9.25. The Bertz CT molecular complexity index is 2400. The lowest BCUT2D eigenvalue weighted by Crippen LogP contribution is -2.53. The molecule has 6 heterocycles. The van der Waals surface area contributed by atoms with Crippen LogP contribution in [0.5, 0.6) is 11.5 Å². The molecule has 0 saturated carbocycles. The van der Waals surface area contributed by atoms with Crippen LogP contribution in [0.15, 0.2) is 48.8 Å². The first-order valence-corrected chi connectivity index (χ1v) is 21.5. The molecule has 0 spiro atoms. The Labute approximate surface area is 361 Å². The summed E-state index contributed by atoms with van der Waals surface area (Å²) in [5, 5.41) is 5.43. The molecule has 2 fully saturated rings. The highest BCUT2D eigenvalue weighted by Crippen LogP contribution is 2.46. The van der Waals surface area contributed by atoms with Crippen molar-refractivity contribution in [2.45, 2.75) is 91.0 Å². The maximum absolute atomic E-state index is 14.0. The molecule has 0 radical (unpaired) electrons. The smallest absolute Gasteiger partial charge is 0.407 e. The van der Waals surface area contributed by atoms with Crippen molar-refractivity contribution < 1.29 is 38.1 Å². The number of imidazole rings is 2. The highest BCUT2D eigenvalue weighted by Gasteiger charge is 2.45. The number of nitrogens with one attached hydrogen (secondary N) is 4. The number of aromatic amines is 2. The molecular formula is C46H56N8O8. The monoisotopic (exact) mass is 848 g/mol. The van der Waals surface area contributed by atoms with Gasteiger partial charge in [-0.25, -0.2) is 19.6 Å². The summed E-state index contributed by atoms with van der Waals surface area (Å²) in [6.07, 6.45) is 4.64. The topological polar surface area (TPSA) is 193 Å². The predicted molar refractivity (Wildman–Crippen MR) is 231 cm³/mol. The van der Waals surface area contributed by atoms with Crippen LogP contribution in [-0.4, -0.2) is 106 Å². The van der Waals surface area contributed by atoms with E-state index < -0.39 is 24.3 Å². The van der Waals surface area contributed by atoms with Crippen LogP contribution in [0.1, 0.15) is 95.7 Å². The number of nitrogens with zero attached hydrogens (tertiary/aromatic N) is 4. The van der Waals surface area contributed by atoms with Gasteiger partial charge in [0.1, 0.15) is 48.4 Å². The second-order valence-corrected chi connectivity index (χ2v) is 17.4. The Balaban J connectivity index is 0.985. The van der Waals surface area contributed by atoms with E-state index in [9.17, 15) is 19.2 Å². The van der Waals surface area contributed by atoms with Gasteiger partial charge in [-0.05, 0) is 56.1 Å². The van der Waals surface area contributed by atoms with E-state index in [4.69, 9.17) is 28.9 Å². The van der Waals surface area contributed by atoms with Crippen LogP contribution in [0.25, 0.3) is 33.7 Å². The molecule has 2 aromatic carbocycles. The molecule has 328 valence electrons. The molecule has 16 nitrogen and oxygen atoms in total. The van der Waals surface area contributed by atoms with Gasteiger partial charge in [-0.3, -0.25) is 9.59 Å². The second-order valence-electron chi connectivity index (χ2n) is 17.4. The maximum atomic E-state index is 14.0. The first kappa shape index (κ1) is 42.4. The van der Waals surface area contributed by atoms with Crippen LogP contribution >= 0.6 is 0 Å². The van der Waals surface area contributed by atoms with Gasteiger partial charge in [0.2, 0.25) is 11.8 Å². The molecule has 4 aliphatic heterocycles. The van der Waals surface area contributed by atoms with Crippen LogP contribution in [0.4, 0.5) is 9.59 Å². The number of carbonyl (C=O) groups excluding carboxylic acids is 4. The summed E-state index contributed by atoms with van der Waals surface area (Å²) in [6.45, 7) is 13.1. The van der Waals surface area contributed by atoms with Crippen molar-refractivity contribution in [3.05, 3.63) is 71.6 Å². The highest BCUT2D eigenvalue weighted by molar-refractivity contribution is 5.98. The molecule has 4 N–H and O–H groups in total. The number of fused-ring (bicyclic) bond motifs is 4. The number of H-pyrrole nitrogens is 2. The summed E-state index contributed by atoms with van der Waals surface area (Å²) in [4.78, 5) is 71.9. The molecule has 4 aliphatic rings. The number of hydrogen-bond donors (Lipinski definition) is 4. The normalized spacial score (nSPS) is 21.4. The summed E-state index contributed by atoms with van der Waals surface area (Å²) < 4.78 is 22.4. The lowest BCUT2D eigenvalue weighted by atomic mass is 9.89. The summed E-state index contributed by atoms with van der Waals surface area (Å²) in [5.74, 6) is 2.54. The van der Waals surface area contributed by atoms with Crippen molar-refractivity contribution in [2.75, 3.05) is 34.0 Å². The van der Waals surface area contributed by atoms with Crippen LogP contribution in [0, 0.1) is 17.8 Å².